The Kier molecular flexibility index (Phi) is 5.31. The zero-order valence-electron chi connectivity index (χ0n) is 9.62. The van der Waals surface area contributed by atoms with E-state index in [0.29, 0.717) is 0 Å². The highest BCUT2D eigenvalue weighted by Gasteiger charge is 2.06. The molecule has 0 aliphatic heterocycles. The summed E-state index contributed by atoms with van der Waals surface area (Å²) in [6.45, 7) is 3.12. The molecule has 0 unspecified atom stereocenters. The molecule has 1 heterocycles. The van der Waals surface area contributed by atoms with Crippen LogP contribution in [0.25, 0.3) is 0 Å². The van der Waals surface area contributed by atoms with Gasteiger partial charge in [-0.25, -0.2) is 0 Å². The quantitative estimate of drug-likeness (QED) is 0.713. The van der Waals surface area contributed by atoms with E-state index in [9.17, 15) is 0 Å². The predicted octanol–water partition coefficient (Wildman–Crippen LogP) is 0.472. The Morgan fingerprint density at radius 2 is 2.40 bits per heavy atom. The van der Waals surface area contributed by atoms with Gasteiger partial charge >= 0.3 is 0 Å². The Labute approximate surface area is 90.4 Å². The number of hydrogen-bond acceptors (Lipinski definition) is 5. The standard InChI is InChI=1S/C10H19N3O2/c1-11-7-9-6-10(15-12-9)8-13(2)4-5-14-3/h6,11H,4-5,7-8H2,1-3H3. The molecule has 86 valence electrons. The molecule has 1 aromatic heterocycles. The summed E-state index contributed by atoms with van der Waals surface area (Å²) in [5, 5.41) is 6.97. The molecule has 0 saturated carbocycles. The minimum absolute atomic E-state index is 0.730. The van der Waals surface area contributed by atoms with Crippen molar-refractivity contribution in [2.75, 3.05) is 34.4 Å². The molecule has 1 N–H and O–H groups in total. The fourth-order valence-electron chi connectivity index (χ4n) is 1.29. The Morgan fingerprint density at radius 3 is 3.07 bits per heavy atom. The number of hydrogen-bond donors (Lipinski definition) is 1. The van der Waals surface area contributed by atoms with E-state index in [0.717, 1.165) is 37.7 Å². The van der Waals surface area contributed by atoms with Crippen LogP contribution in [0.1, 0.15) is 11.5 Å². The summed E-state index contributed by atoms with van der Waals surface area (Å²) in [5.41, 5.74) is 0.938. The number of rotatable bonds is 7. The number of aromatic nitrogens is 1. The van der Waals surface area contributed by atoms with Gasteiger partial charge < -0.3 is 14.6 Å². The summed E-state index contributed by atoms with van der Waals surface area (Å²) < 4.78 is 10.2. The Hall–Kier alpha value is -0.910. The molecule has 0 bridgehead atoms. The molecule has 0 radical (unpaired) electrons. The molecule has 1 aromatic rings. The smallest absolute Gasteiger partial charge is 0.151 e. The second-order valence-corrected chi connectivity index (χ2v) is 3.55. The minimum Gasteiger partial charge on any atom is -0.383 e. The maximum absolute atomic E-state index is 5.20. The van der Waals surface area contributed by atoms with Gasteiger partial charge in [-0.15, -0.1) is 0 Å². The normalized spacial score (nSPS) is 11.2. The predicted molar refractivity (Wildman–Crippen MR) is 57.5 cm³/mol. The van der Waals surface area contributed by atoms with E-state index in [4.69, 9.17) is 9.26 Å². The molecule has 1 rings (SSSR count). The first-order valence-corrected chi connectivity index (χ1v) is 5.02. The summed E-state index contributed by atoms with van der Waals surface area (Å²) in [4.78, 5) is 2.13. The van der Waals surface area contributed by atoms with Crippen molar-refractivity contribution in [1.29, 1.82) is 0 Å². The lowest BCUT2D eigenvalue weighted by atomic mass is 10.3. The van der Waals surface area contributed by atoms with Crippen LogP contribution in [0, 0.1) is 0 Å². The third kappa shape index (κ3) is 4.42. The SMILES string of the molecule is CNCc1cc(CN(C)CCOC)on1. The topological polar surface area (TPSA) is 50.5 Å². The molecule has 0 atom stereocenters. The lowest BCUT2D eigenvalue weighted by molar-refractivity contribution is 0.153. The molecule has 15 heavy (non-hydrogen) atoms. The number of nitrogens with zero attached hydrogens (tertiary/aromatic N) is 2. The van der Waals surface area contributed by atoms with Crippen LogP contribution < -0.4 is 5.32 Å². The first-order valence-electron chi connectivity index (χ1n) is 5.02. The Balaban J connectivity index is 2.35. The average molecular weight is 213 g/mol. The van der Waals surface area contributed by atoms with E-state index in [1.165, 1.54) is 0 Å². The second kappa shape index (κ2) is 6.55. The molecule has 5 nitrogen and oxygen atoms in total. The van der Waals surface area contributed by atoms with Gasteiger partial charge in [0.15, 0.2) is 5.76 Å². The zero-order chi connectivity index (χ0) is 11.1. The van der Waals surface area contributed by atoms with Crippen LogP contribution in [-0.2, 0) is 17.8 Å². The van der Waals surface area contributed by atoms with E-state index >= 15 is 0 Å². The minimum atomic E-state index is 0.730. The van der Waals surface area contributed by atoms with Gasteiger partial charge in [0.2, 0.25) is 0 Å². The highest BCUT2D eigenvalue weighted by atomic mass is 16.5. The van der Waals surface area contributed by atoms with E-state index in [1.807, 2.05) is 20.2 Å². The summed E-state index contributed by atoms with van der Waals surface area (Å²) in [6.07, 6.45) is 0. The molecule has 0 aromatic carbocycles. The number of likely N-dealkylation sites (N-methyl/N-ethyl adjacent to an activating group) is 1. The summed E-state index contributed by atoms with van der Waals surface area (Å²) in [5.74, 6) is 0.888. The maximum Gasteiger partial charge on any atom is 0.151 e. The fourth-order valence-corrected chi connectivity index (χ4v) is 1.29. The third-order valence-corrected chi connectivity index (χ3v) is 2.07. The van der Waals surface area contributed by atoms with Crippen molar-refractivity contribution in [3.05, 3.63) is 17.5 Å². The summed E-state index contributed by atoms with van der Waals surface area (Å²) >= 11 is 0. The van der Waals surface area contributed by atoms with Crippen molar-refractivity contribution in [2.45, 2.75) is 13.1 Å². The van der Waals surface area contributed by atoms with Crippen LogP contribution in [-0.4, -0.2) is 44.4 Å². The third-order valence-electron chi connectivity index (χ3n) is 2.07. The van der Waals surface area contributed by atoms with E-state index in [1.54, 1.807) is 7.11 Å². The van der Waals surface area contributed by atoms with Gasteiger partial charge in [0, 0.05) is 26.3 Å². The number of ether oxygens (including phenoxy) is 1. The largest absolute Gasteiger partial charge is 0.383 e. The van der Waals surface area contributed by atoms with Gasteiger partial charge in [-0.1, -0.05) is 5.16 Å². The van der Waals surface area contributed by atoms with Crippen LogP contribution >= 0.6 is 0 Å². The van der Waals surface area contributed by atoms with E-state index in [-0.39, 0.29) is 0 Å². The van der Waals surface area contributed by atoms with Crippen molar-refractivity contribution < 1.29 is 9.26 Å². The lowest BCUT2D eigenvalue weighted by Gasteiger charge is -2.13. The monoisotopic (exact) mass is 213 g/mol. The average Bonchev–Trinajstić information content (AvgIpc) is 2.63. The van der Waals surface area contributed by atoms with Crippen molar-refractivity contribution in [3.63, 3.8) is 0 Å². The highest BCUT2D eigenvalue weighted by molar-refractivity contribution is 5.04. The van der Waals surface area contributed by atoms with Crippen molar-refractivity contribution in [1.82, 2.24) is 15.4 Å². The molecular weight excluding hydrogens is 194 g/mol. The van der Waals surface area contributed by atoms with Gasteiger partial charge in [0.1, 0.15) is 0 Å². The van der Waals surface area contributed by atoms with Crippen molar-refractivity contribution in [2.24, 2.45) is 0 Å². The van der Waals surface area contributed by atoms with E-state index in [2.05, 4.69) is 15.4 Å². The molecule has 0 fully saturated rings. The van der Waals surface area contributed by atoms with Crippen molar-refractivity contribution in [3.8, 4) is 0 Å². The molecule has 0 amide bonds. The molecule has 0 spiro atoms. The van der Waals surface area contributed by atoms with Gasteiger partial charge in [0.25, 0.3) is 0 Å². The first-order chi connectivity index (χ1) is 7.26. The van der Waals surface area contributed by atoms with Crippen LogP contribution in [0.15, 0.2) is 10.6 Å². The molecule has 0 aliphatic rings. The van der Waals surface area contributed by atoms with Gasteiger partial charge in [-0.2, -0.15) is 0 Å². The molecule has 5 heteroatoms. The summed E-state index contributed by atoms with van der Waals surface area (Å²) in [6, 6.07) is 1.97. The van der Waals surface area contributed by atoms with Crippen LogP contribution in [0.3, 0.4) is 0 Å². The Bertz CT molecular complexity index is 275. The van der Waals surface area contributed by atoms with Crippen LogP contribution in [0.2, 0.25) is 0 Å². The summed E-state index contributed by atoms with van der Waals surface area (Å²) in [7, 11) is 5.62. The lowest BCUT2D eigenvalue weighted by Crippen LogP contribution is -2.21. The van der Waals surface area contributed by atoms with E-state index < -0.39 is 0 Å². The first kappa shape index (κ1) is 12.2. The second-order valence-electron chi connectivity index (χ2n) is 3.55. The van der Waals surface area contributed by atoms with Crippen LogP contribution in [0.5, 0.6) is 0 Å². The molecule has 0 aliphatic carbocycles. The van der Waals surface area contributed by atoms with Gasteiger partial charge in [-0.3, -0.25) is 4.90 Å². The van der Waals surface area contributed by atoms with Gasteiger partial charge in [0.05, 0.1) is 18.8 Å². The number of methoxy groups -OCH3 is 1. The fraction of sp³-hybridized carbons (Fsp3) is 0.700. The van der Waals surface area contributed by atoms with Gasteiger partial charge in [-0.05, 0) is 14.1 Å². The highest BCUT2D eigenvalue weighted by Crippen LogP contribution is 2.05. The van der Waals surface area contributed by atoms with Crippen LogP contribution in [0.4, 0.5) is 0 Å². The zero-order valence-corrected chi connectivity index (χ0v) is 9.62. The maximum atomic E-state index is 5.20. The van der Waals surface area contributed by atoms with Crippen molar-refractivity contribution >= 4 is 0 Å². The molecular formula is C10H19N3O2. The molecule has 0 saturated heterocycles. The Morgan fingerprint density at radius 1 is 1.60 bits per heavy atom. The number of nitrogens with one attached hydrogen (secondary N) is 1.